The Morgan fingerprint density at radius 2 is 1.32 bits per heavy atom. The third-order valence-electron chi connectivity index (χ3n) is 2.02. The Morgan fingerprint density at radius 1 is 0.909 bits per heavy atom. The number of hydrogen-bond acceptors (Lipinski definition) is 4. The van der Waals surface area contributed by atoms with Crippen LogP contribution >= 0.6 is 0 Å². The fourth-order valence-corrected chi connectivity index (χ4v) is 1.06. The van der Waals surface area contributed by atoms with E-state index in [9.17, 15) is 4.79 Å². The summed E-state index contributed by atoms with van der Waals surface area (Å²) in [4.78, 5) is 10.2. The summed E-state index contributed by atoms with van der Waals surface area (Å²) in [6.07, 6.45) is 2.62. The predicted molar refractivity (Wildman–Crippen MR) is 87.6 cm³/mol. The van der Waals surface area contributed by atoms with Gasteiger partial charge in [-0.3, -0.25) is 0 Å². The van der Waals surface area contributed by atoms with Crippen molar-refractivity contribution in [1.29, 1.82) is 0 Å². The summed E-state index contributed by atoms with van der Waals surface area (Å²) in [6, 6.07) is 17.4. The maximum Gasteiger partial charge on any atom is 0.330 e. The molecule has 0 atom stereocenters. The van der Waals surface area contributed by atoms with Crippen molar-refractivity contribution in [1.82, 2.24) is 0 Å². The molecule has 22 heavy (non-hydrogen) atoms. The summed E-state index contributed by atoms with van der Waals surface area (Å²) in [5, 5.41) is 17.3. The highest BCUT2D eigenvalue weighted by atomic mass is 16.5. The standard InChI is InChI=1S/C6H8O2.2C6H6O/c1-3-5-8-6(7)4-2;2*7-6-4-2-1-3-5-6/h3-4H,1-2,5H2;2*1-5,7H. The lowest BCUT2D eigenvalue weighted by molar-refractivity contribution is -0.136. The predicted octanol–water partition coefficient (Wildman–Crippen LogP) is 3.69. The van der Waals surface area contributed by atoms with Crippen LogP contribution in [-0.2, 0) is 9.53 Å². The van der Waals surface area contributed by atoms with Gasteiger partial charge in [0, 0.05) is 6.08 Å². The van der Waals surface area contributed by atoms with Gasteiger partial charge in [0.25, 0.3) is 0 Å². The van der Waals surface area contributed by atoms with Gasteiger partial charge in [0.15, 0.2) is 0 Å². The normalized spacial score (nSPS) is 8.18. The van der Waals surface area contributed by atoms with Crippen LogP contribution in [0.5, 0.6) is 11.5 Å². The molecule has 0 aromatic heterocycles. The van der Waals surface area contributed by atoms with E-state index >= 15 is 0 Å². The van der Waals surface area contributed by atoms with Gasteiger partial charge in [-0.15, -0.1) is 0 Å². The second-order valence-electron chi connectivity index (χ2n) is 3.79. The first-order chi connectivity index (χ1) is 10.6. The SMILES string of the molecule is C=CCOC(=O)C=C.Oc1ccccc1.Oc1ccccc1. The average molecular weight is 300 g/mol. The number of phenolic OH excluding ortho intramolecular Hbond substituents is 2. The van der Waals surface area contributed by atoms with Crippen molar-refractivity contribution in [3.05, 3.63) is 86.0 Å². The van der Waals surface area contributed by atoms with E-state index in [1.807, 2.05) is 12.1 Å². The van der Waals surface area contributed by atoms with Crippen molar-refractivity contribution in [2.45, 2.75) is 0 Å². The zero-order valence-corrected chi connectivity index (χ0v) is 12.3. The Morgan fingerprint density at radius 3 is 1.55 bits per heavy atom. The minimum atomic E-state index is -0.412. The Labute approximate surface area is 130 Å². The Kier molecular flexibility index (Phi) is 11.2. The highest BCUT2D eigenvalue weighted by molar-refractivity contribution is 5.81. The summed E-state index contributed by atoms with van der Waals surface area (Å²) in [6.45, 7) is 6.81. The molecule has 2 aromatic rings. The van der Waals surface area contributed by atoms with Gasteiger partial charge >= 0.3 is 5.97 Å². The van der Waals surface area contributed by atoms with E-state index < -0.39 is 5.97 Å². The topological polar surface area (TPSA) is 66.8 Å². The van der Waals surface area contributed by atoms with Crippen molar-refractivity contribution >= 4 is 5.97 Å². The van der Waals surface area contributed by atoms with Crippen molar-refractivity contribution in [3.63, 3.8) is 0 Å². The number of benzene rings is 2. The number of ether oxygens (including phenoxy) is 1. The molecule has 2 rings (SSSR count). The second kappa shape index (κ2) is 13.0. The summed E-state index contributed by atoms with van der Waals surface area (Å²) in [7, 11) is 0. The highest BCUT2D eigenvalue weighted by Gasteiger charge is 1.88. The summed E-state index contributed by atoms with van der Waals surface area (Å²) >= 11 is 0. The van der Waals surface area contributed by atoms with E-state index in [-0.39, 0.29) is 6.61 Å². The zero-order chi connectivity index (χ0) is 16.6. The van der Waals surface area contributed by atoms with Gasteiger partial charge in [0.1, 0.15) is 18.1 Å². The summed E-state index contributed by atoms with van der Waals surface area (Å²) in [5.74, 6) is 0.231. The molecule has 116 valence electrons. The highest BCUT2D eigenvalue weighted by Crippen LogP contribution is 2.03. The maximum atomic E-state index is 10.2. The van der Waals surface area contributed by atoms with E-state index in [1.54, 1.807) is 48.5 Å². The summed E-state index contributed by atoms with van der Waals surface area (Å²) < 4.78 is 4.47. The van der Waals surface area contributed by atoms with Crippen LogP contribution in [0, 0.1) is 0 Å². The second-order valence-corrected chi connectivity index (χ2v) is 3.79. The molecule has 0 spiro atoms. The molecule has 4 heteroatoms. The zero-order valence-electron chi connectivity index (χ0n) is 12.3. The molecule has 0 unspecified atom stereocenters. The van der Waals surface area contributed by atoms with Gasteiger partial charge in [-0.2, -0.15) is 0 Å². The molecular formula is C18H20O4. The van der Waals surface area contributed by atoms with E-state index in [2.05, 4.69) is 17.9 Å². The number of rotatable bonds is 3. The largest absolute Gasteiger partial charge is 0.508 e. The molecule has 0 saturated heterocycles. The number of para-hydroxylation sites is 2. The molecule has 4 nitrogen and oxygen atoms in total. The Hall–Kier alpha value is -3.01. The lowest BCUT2D eigenvalue weighted by atomic mass is 10.3. The molecule has 2 N–H and O–H groups in total. The van der Waals surface area contributed by atoms with Crippen LogP contribution in [0.4, 0.5) is 0 Å². The maximum absolute atomic E-state index is 10.2. The lowest BCUT2D eigenvalue weighted by Crippen LogP contribution is -1.98. The number of esters is 1. The molecule has 0 fully saturated rings. The lowest BCUT2D eigenvalue weighted by Gasteiger charge is -1.92. The van der Waals surface area contributed by atoms with Crippen LogP contribution in [0.3, 0.4) is 0 Å². The van der Waals surface area contributed by atoms with Crippen molar-refractivity contribution in [3.8, 4) is 11.5 Å². The Bertz CT molecular complexity index is 498. The first kappa shape index (κ1) is 19.0. The van der Waals surface area contributed by atoms with Gasteiger partial charge in [-0.05, 0) is 24.3 Å². The molecule has 0 aliphatic heterocycles. The van der Waals surface area contributed by atoms with Crippen molar-refractivity contribution in [2.24, 2.45) is 0 Å². The fourth-order valence-electron chi connectivity index (χ4n) is 1.06. The number of phenols is 2. The van der Waals surface area contributed by atoms with Crippen LogP contribution in [0.1, 0.15) is 0 Å². The molecule has 2 aromatic carbocycles. The minimum Gasteiger partial charge on any atom is -0.508 e. The third kappa shape index (κ3) is 12.0. The van der Waals surface area contributed by atoms with E-state index in [0.29, 0.717) is 11.5 Å². The average Bonchev–Trinajstić information content (AvgIpc) is 2.55. The van der Waals surface area contributed by atoms with Gasteiger partial charge in [-0.1, -0.05) is 55.6 Å². The van der Waals surface area contributed by atoms with E-state index in [4.69, 9.17) is 10.2 Å². The number of aromatic hydroxyl groups is 2. The quantitative estimate of drug-likeness (QED) is 0.515. The van der Waals surface area contributed by atoms with Crippen molar-refractivity contribution in [2.75, 3.05) is 6.61 Å². The molecule has 0 radical (unpaired) electrons. The third-order valence-corrected chi connectivity index (χ3v) is 2.02. The molecular weight excluding hydrogens is 280 g/mol. The van der Waals surface area contributed by atoms with E-state index in [0.717, 1.165) is 6.08 Å². The number of hydrogen-bond donors (Lipinski definition) is 2. The fraction of sp³-hybridized carbons (Fsp3) is 0.0556. The number of carbonyl (C=O) groups is 1. The molecule has 0 heterocycles. The van der Waals surface area contributed by atoms with Gasteiger partial charge in [0.2, 0.25) is 0 Å². The number of carbonyl (C=O) groups excluding carboxylic acids is 1. The smallest absolute Gasteiger partial charge is 0.330 e. The van der Waals surface area contributed by atoms with Crippen LogP contribution in [0.2, 0.25) is 0 Å². The minimum absolute atomic E-state index is 0.255. The Balaban J connectivity index is 0.000000301. The molecule has 0 amide bonds. The molecule has 0 saturated carbocycles. The van der Waals surface area contributed by atoms with Gasteiger partial charge in [0.05, 0.1) is 0 Å². The first-order valence-electron chi connectivity index (χ1n) is 6.48. The van der Waals surface area contributed by atoms with Crippen LogP contribution in [-0.4, -0.2) is 22.8 Å². The summed E-state index contributed by atoms with van der Waals surface area (Å²) in [5.41, 5.74) is 0. The molecule has 0 aliphatic carbocycles. The van der Waals surface area contributed by atoms with Gasteiger partial charge < -0.3 is 14.9 Å². The monoisotopic (exact) mass is 300 g/mol. The van der Waals surface area contributed by atoms with Crippen molar-refractivity contribution < 1.29 is 19.7 Å². The molecule has 0 aliphatic rings. The first-order valence-corrected chi connectivity index (χ1v) is 6.48. The van der Waals surface area contributed by atoms with Crippen LogP contribution in [0.25, 0.3) is 0 Å². The van der Waals surface area contributed by atoms with Crippen LogP contribution in [0.15, 0.2) is 86.0 Å². The van der Waals surface area contributed by atoms with E-state index in [1.165, 1.54) is 6.08 Å². The van der Waals surface area contributed by atoms with Crippen LogP contribution < -0.4 is 0 Å². The molecule has 0 bridgehead atoms. The van der Waals surface area contributed by atoms with Gasteiger partial charge in [-0.25, -0.2) is 4.79 Å².